The number of benzene rings is 1. The summed E-state index contributed by atoms with van der Waals surface area (Å²) >= 11 is 0. The van der Waals surface area contributed by atoms with Crippen LogP contribution in [0.25, 0.3) is 0 Å². The molecule has 1 aromatic carbocycles. The van der Waals surface area contributed by atoms with Crippen molar-refractivity contribution in [2.75, 3.05) is 12.3 Å². The van der Waals surface area contributed by atoms with E-state index in [-0.39, 0.29) is 30.0 Å². The van der Waals surface area contributed by atoms with Crippen LogP contribution in [0.3, 0.4) is 0 Å². The van der Waals surface area contributed by atoms with Gasteiger partial charge in [0.25, 0.3) is 5.91 Å². The summed E-state index contributed by atoms with van der Waals surface area (Å²) in [7, 11) is 0. The second-order valence-corrected chi connectivity index (χ2v) is 5.79. The maximum atomic E-state index is 12.1. The van der Waals surface area contributed by atoms with E-state index >= 15 is 0 Å². The number of nitrogens with two attached hydrogens (primary N) is 1. The molecule has 24 heavy (non-hydrogen) atoms. The number of hydrogen-bond acceptors (Lipinski definition) is 6. The molecule has 1 aliphatic rings. The minimum Gasteiger partial charge on any atom is -0.452 e. The summed E-state index contributed by atoms with van der Waals surface area (Å²) in [6.07, 6.45) is 2.90. The van der Waals surface area contributed by atoms with E-state index < -0.39 is 5.97 Å². The third-order valence-corrected chi connectivity index (χ3v) is 4.13. The Morgan fingerprint density at radius 2 is 2.21 bits per heavy atom. The van der Waals surface area contributed by atoms with Gasteiger partial charge in [-0.15, -0.1) is 0 Å². The minimum absolute atomic E-state index is 0.0523. The molecule has 3 rings (SSSR count). The molecular formula is C17H19N3O4. The van der Waals surface area contributed by atoms with Crippen molar-refractivity contribution in [1.29, 1.82) is 0 Å². The maximum absolute atomic E-state index is 12.1. The number of ether oxygens (including phenoxy) is 1. The molecule has 126 valence electrons. The summed E-state index contributed by atoms with van der Waals surface area (Å²) < 4.78 is 9.72. The number of carbonyl (C=O) groups is 2. The van der Waals surface area contributed by atoms with Crippen LogP contribution in [0, 0.1) is 6.92 Å². The topological polar surface area (TPSA) is 107 Å². The van der Waals surface area contributed by atoms with Crippen LogP contribution in [-0.2, 0) is 16.0 Å². The van der Waals surface area contributed by atoms with E-state index in [1.807, 2.05) is 18.2 Å². The van der Waals surface area contributed by atoms with Gasteiger partial charge in [0.05, 0.1) is 11.7 Å². The molecule has 7 heteroatoms. The summed E-state index contributed by atoms with van der Waals surface area (Å²) in [5.41, 5.74) is 8.29. The van der Waals surface area contributed by atoms with E-state index in [0.717, 1.165) is 24.8 Å². The van der Waals surface area contributed by atoms with E-state index in [1.165, 1.54) is 5.56 Å². The Morgan fingerprint density at radius 1 is 1.42 bits per heavy atom. The first-order valence-corrected chi connectivity index (χ1v) is 7.82. The highest BCUT2D eigenvalue weighted by Crippen LogP contribution is 2.29. The maximum Gasteiger partial charge on any atom is 0.346 e. The molecule has 0 saturated carbocycles. The second kappa shape index (κ2) is 6.74. The number of nitrogens with zero attached hydrogens (tertiary/aromatic N) is 1. The molecule has 1 amide bonds. The average Bonchev–Trinajstić information content (AvgIpc) is 2.92. The summed E-state index contributed by atoms with van der Waals surface area (Å²) in [5.74, 6) is -1.18. The zero-order valence-corrected chi connectivity index (χ0v) is 13.4. The van der Waals surface area contributed by atoms with E-state index in [0.29, 0.717) is 5.69 Å². The largest absolute Gasteiger partial charge is 0.452 e. The number of anilines is 1. The van der Waals surface area contributed by atoms with Crippen molar-refractivity contribution >= 4 is 17.8 Å². The van der Waals surface area contributed by atoms with E-state index in [1.54, 1.807) is 6.92 Å². The minimum atomic E-state index is -0.717. The van der Waals surface area contributed by atoms with Crippen LogP contribution in [0.1, 0.15) is 46.1 Å². The summed E-state index contributed by atoms with van der Waals surface area (Å²) in [5, 5.41) is 6.50. The molecule has 1 heterocycles. The lowest BCUT2D eigenvalue weighted by Crippen LogP contribution is -2.34. The summed E-state index contributed by atoms with van der Waals surface area (Å²) in [6, 6.07) is 8.00. The summed E-state index contributed by atoms with van der Waals surface area (Å²) in [4.78, 5) is 24.1. The van der Waals surface area contributed by atoms with Crippen molar-refractivity contribution in [2.45, 2.75) is 32.2 Å². The van der Waals surface area contributed by atoms with Gasteiger partial charge < -0.3 is 20.3 Å². The number of aryl methyl sites for hydroxylation is 2. The average molecular weight is 329 g/mol. The van der Waals surface area contributed by atoms with Gasteiger partial charge in [0, 0.05) is 0 Å². The third-order valence-electron chi connectivity index (χ3n) is 4.13. The van der Waals surface area contributed by atoms with Crippen molar-refractivity contribution in [1.82, 2.24) is 10.5 Å². The van der Waals surface area contributed by atoms with Gasteiger partial charge in [0.1, 0.15) is 5.56 Å². The highest BCUT2D eigenvalue weighted by Gasteiger charge is 2.23. The molecule has 0 aliphatic heterocycles. The smallest absolute Gasteiger partial charge is 0.346 e. The number of hydrogen-bond donors (Lipinski definition) is 2. The van der Waals surface area contributed by atoms with Crippen LogP contribution in [0.15, 0.2) is 28.8 Å². The number of aromatic nitrogens is 1. The van der Waals surface area contributed by atoms with Gasteiger partial charge in [-0.2, -0.15) is 0 Å². The Morgan fingerprint density at radius 3 is 2.96 bits per heavy atom. The summed E-state index contributed by atoms with van der Waals surface area (Å²) in [6.45, 7) is 1.21. The molecule has 0 bridgehead atoms. The Balaban J connectivity index is 1.58. The molecule has 1 aromatic heterocycles. The van der Waals surface area contributed by atoms with Crippen molar-refractivity contribution in [3.63, 3.8) is 0 Å². The van der Waals surface area contributed by atoms with Gasteiger partial charge in [-0.05, 0) is 37.3 Å². The number of nitrogens with one attached hydrogen (secondary N) is 1. The zero-order valence-electron chi connectivity index (χ0n) is 13.4. The van der Waals surface area contributed by atoms with Crippen molar-refractivity contribution < 1.29 is 18.8 Å². The predicted molar refractivity (Wildman–Crippen MR) is 86.2 cm³/mol. The Bertz CT molecular complexity index is 749. The molecular weight excluding hydrogens is 310 g/mol. The van der Waals surface area contributed by atoms with E-state index in [4.69, 9.17) is 15.0 Å². The number of carbonyl (C=O) groups excluding carboxylic acids is 2. The number of amides is 1. The van der Waals surface area contributed by atoms with E-state index in [2.05, 4.69) is 16.5 Å². The number of fused-ring (bicyclic) bond motifs is 1. The van der Waals surface area contributed by atoms with Crippen LogP contribution in [0.4, 0.5) is 5.88 Å². The molecule has 0 saturated heterocycles. The van der Waals surface area contributed by atoms with Gasteiger partial charge in [0.15, 0.2) is 6.61 Å². The molecule has 3 N–H and O–H groups in total. The molecule has 0 spiro atoms. The third kappa shape index (κ3) is 3.24. The van der Waals surface area contributed by atoms with Crippen LogP contribution >= 0.6 is 0 Å². The van der Waals surface area contributed by atoms with Crippen molar-refractivity contribution in [2.24, 2.45) is 0 Å². The first-order valence-electron chi connectivity index (χ1n) is 7.82. The van der Waals surface area contributed by atoms with Crippen molar-refractivity contribution in [3.05, 3.63) is 46.6 Å². The fraction of sp³-hybridized carbons (Fsp3) is 0.353. The first-order chi connectivity index (χ1) is 11.6. The van der Waals surface area contributed by atoms with Crippen LogP contribution in [0.2, 0.25) is 0 Å². The second-order valence-electron chi connectivity index (χ2n) is 5.79. The number of rotatable bonds is 4. The lowest BCUT2D eigenvalue weighted by Gasteiger charge is -2.26. The van der Waals surface area contributed by atoms with Crippen LogP contribution < -0.4 is 11.1 Å². The zero-order chi connectivity index (χ0) is 17.1. The number of nitrogen functional groups attached to an aromatic ring is 1. The molecule has 0 unspecified atom stereocenters. The highest BCUT2D eigenvalue weighted by molar-refractivity contribution is 5.96. The van der Waals surface area contributed by atoms with Crippen LogP contribution in [-0.4, -0.2) is 23.6 Å². The molecule has 0 fully saturated rings. The van der Waals surface area contributed by atoms with Gasteiger partial charge in [-0.3, -0.25) is 4.79 Å². The van der Waals surface area contributed by atoms with Crippen molar-refractivity contribution in [3.8, 4) is 0 Å². The monoisotopic (exact) mass is 329 g/mol. The molecule has 1 aliphatic carbocycles. The van der Waals surface area contributed by atoms with Crippen LogP contribution in [0.5, 0.6) is 0 Å². The molecule has 0 radical (unpaired) electrons. The van der Waals surface area contributed by atoms with Gasteiger partial charge in [-0.25, -0.2) is 4.79 Å². The molecule has 7 nitrogen and oxygen atoms in total. The fourth-order valence-electron chi connectivity index (χ4n) is 2.98. The SMILES string of the molecule is Cc1noc(N)c1C(=O)OCC(=O)N[C@H]1CCCc2ccccc21. The Labute approximate surface area is 139 Å². The standard InChI is InChI=1S/C17H19N3O4/c1-10-15(16(18)24-20-10)17(22)23-9-14(21)19-13-8-4-6-11-5-2-3-7-12(11)13/h2-3,5,7,13H,4,6,8-9,18H2,1H3,(H,19,21)/t13-/m0/s1. The molecule has 2 aromatic rings. The Kier molecular flexibility index (Phi) is 4.50. The lowest BCUT2D eigenvalue weighted by molar-refractivity contribution is -0.125. The predicted octanol–water partition coefficient (Wildman–Crippen LogP) is 1.92. The van der Waals surface area contributed by atoms with Gasteiger partial charge in [-0.1, -0.05) is 29.4 Å². The normalized spacial score (nSPS) is 16.3. The van der Waals surface area contributed by atoms with Gasteiger partial charge in [0.2, 0.25) is 5.88 Å². The Hall–Kier alpha value is -2.83. The van der Waals surface area contributed by atoms with E-state index in [9.17, 15) is 9.59 Å². The van der Waals surface area contributed by atoms with Gasteiger partial charge >= 0.3 is 5.97 Å². The quantitative estimate of drug-likeness (QED) is 0.830. The molecule has 1 atom stereocenters. The fourth-order valence-corrected chi connectivity index (χ4v) is 2.98. The highest BCUT2D eigenvalue weighted by atomic mass is 16.5. The lowest BCUT2D eigenvalue weighted by atomic mass is 9.88. The first kappa shape index (κ1) is 16.0. The number of esters is 1.